The number of aliphatic hydroxyl groups excluding tert-OH is 1. The summed E-state index contributed by atoms with van der Waals surface area (Å²) in [5.74, 6) is 1.92. The first-order valence-electron chi connectivity index (χ1n) is 9.78. The van der Waals surface area contributed by atoms with Gasteiger partial charge in [0.2, 0.25) is 5.95 Å². The van der Waals surface area contributed by atoms with Crippen LogP contribution in [-0.4, -0.2) is 46.4 Å². The number of aliphatic hydroxyl groups is 1. The number of anilines is 1. The summed E-state index contributed by atoms with van der Waals surface area (Å²) in [6.45, 7) is 0.890. The van der Waals surface area contributed by atoms with E-state index < -0.39 is 11.6 Å². The van der Waals surface area contributed by atoms with E-state index in [-0.39, 0.29) is 11.7 Å². The lowest BCUT2D eigenvalue weighted by Crippen LogP contribution is -2.62. The third-order valence-electron chi connectivity index (χ3n) is 5.37. The fourth-order valence-electron chi connectivity index (χ4n) is 3.84. The molecule has 1 fully saturated rings. The number of hydrogen-bond acceptors (Lipinski definition) is 7. The van der Waals surface area contributed by atoms with Crippen LogP contribution in [0, 0.1) is 0 Å². The molecular weight excluding hydrogens is 400 g/mol. The Bertz CT molecular complexity index is 982. The number of carbonyl (C=O) groups excluding carboxylic acids is 1. The lowest BCUT2D eigenvalue weighted by molar-refractivity contribution is 0.0351. The van der Waals surface area contributed by atoms with Crippen molar-refractivity contribution < 1.29 is 14.3 Å². The van der Waals surface area contributed by atoms with E-state index in [0.29, 0.717) is 31.2 Å². The van der Waals surface area contributed by atoms with Gasteiger partial charge in [-0.25, -0.2) is 9.97 Å². The van der Waals surface area contributed by atoms with Crippen LogP contribution < -0.4 is 10.2 Å². The molecule has 0 saturated carbocycles. The van der Waals surface area contributed by atoms with Crippen LogP contribution in [0.5, 0.6) is 0 Å². The number of carbonyl (C=O) groups is 1. The van der Waals surface area contributed by atoms with E-state index in [1.54, 1.807) is 36.3 Å². The number of rotatable bonds is 6. The van der Waals surface area contributed by atoms with Crippen LogP contribution in [0.25, 0.3) is 0 Å². The minimum Gasteiger partial charge on any atom is -0.455 e. The summed E-state index contributed by atoms with van der Waals surface area (Å²) >= 11 is 1.63. The van der Waals surface area contributed by atoms with E-state index in [4.69, 9.17) is 4.42 Å². The zero-order valence-corrected chi connectivity index (χ0v) is 17.5. The average molecular weight is 425 g/mol. The van der Waals surface area contributed by atoms with Crippen molar-refractivity contribution >= 4 is 23.6 Å². The zero-order valence-electron chi connectivity index (χ0n) is 16.7. The second-order valence-electron chi connectivity index (χ2n) is 7.25. The monoisotopic (exact) mass is 424 g/mol. The maximum absolute atomic E-state index is 13.0. The summed E-state index contributed by atoms with van der Waals surface area (Å²) in [7, 11) is 0. The molecule has 1 aliphatic rings. The van der Waals surface area contributed by atoms with Crippen LogP contribution >= 0.6 is 11.8 Å². The lowest BCUT2D eigenvalue weighted by atomic mass is 9.78. The van der Waals surface area contributed by atoms with E-state index in [0.717, 1.165) is 11.3 Å². The second-order valence-corrected chi connectivity index (χ2v) is 8.12. The third-order valence-corrected chi connectivity index (χ3v) is 5.94. The molecule has 30 heavy (non-hydrogen) atoms. The van der Waals surface area contributed by atoms with Gasteiger partial charge in [0, 0.05) is 25.5 Å². The number of nitrogens with one attached hydrogen (secondary N) is 1. The minimum absolute atomic E-state index is 0.246. The van der Waals surface area contributed by atoms with Crippen molar-refractivity contribution in [2.75, 3.05) is 24.2 Å². The lowest BCUT2D eigenvalue weighted by Gasteiger charge is -2.46. The van der Waals surface area contributed by atoms with Gasteiger partial charge in [0.05, 0.1) is 17.4 Å². The molecule has 3 heterocycles. The van der Waals surface area contributed by atoms with Crippen LogP contribution in [0.1, 0.15) is 28.3 Å². The quantitative estimate of drug-likeness (QED) is 0.629. The first kappa shape index (κ1) is 20.4. The maximum Gasteiger partial charge on any atom is 0.287 e. The van der Waals surface area contributed by atoms with Crippen molar-refractivity contribution in [1.82, 2.24) is 15.3 Å². The van der Waals surface area contributed by atoms with Gasteiger partial charge in [-0.2, -0.15) is 11.8 Å². The number of β-amino-alcohol motifs (C(OH)–C–C–N with tert-alkyl or cyclic N) is 1. The van der Waals surface area contributed by atoms with Crippen LogP contribution in [0.15, 0.2) is 65.3 Å². The van der Waals surface area contributed by atoms with E-state index in [1.807, 2.05) is 47.6 Å². The first-order chi connectivity index (χ1) is 14.6. The number of amides is 1. The predicted octanol–water partition coefficient (Wildman–Crippen LogP) is 2.83. The number of aromatic nitrogens is 2. The van der Waals surface area contributed by atoms with Crippen LogP contribution in [0.2, 0.25) is 0 Å². The van der Waals surface area contributed by atoms with Gasteiger partial charge >= 0.3 is 0 Å². The smallest absolute Gasteiger partial charge is 0.287 e. The summed E-state index contributed by atoms with van der Waals surface area (Å²) in [5.41, 5.74) is -0.0776. The fourth-order valence-corrected chi connectivity index (χ4v) is 4.28. The molecule has 4 rings (SSSR count). The zero-order chi connectivity index (χ0) is 21.0. The van der Waals surface area contributed by atoms with Crippen molar-refractivity contribution in [2.45, 2.75) is 23.8 Å². The molecule has 1 saturated heterocycles. The largest absolute Gasteiger partial charge is 0.455 e. The minimum atomic E-state index is -0.934. The van der Waals surface area contributed by atoms with E-state index in [9.17, 15) is 9.90 Å². The summed E-state index contributed by atoms with van der Waals surface area (Å²) in [4.78, 5) is 23.5. The number of nitrogens with zero attached hydrogens (tertiary/aromatic N) is 3. The molecular formula is C22H24N4O3S. The van der Waals surface area contributed by atoms with Gasteiger partial charge in [0.15, 0.2) is 5.76 Å². The Hall–Kier alpha value is -2.84. The van der Waals surface area contributed by atoms with Crippen LogP contribution in [0.3, 0.4) is 0 Å². The molecule has 2 aromatic heterocycles. The van der Waals surface area contributed by atoms with Crippen molar-refractivity contribution in [3.05, 3.63) is 78.0 Å². The van der Waals surface area contributed by atoms with Gasteiger partial charge in [0.25, 0.3) is 5.91 Å². The van der Waals surface area contributed by atoms with Gasteiger partial charge in [0.1, 0.15) is 5.76 Å². The molecule has 0 bridgehead atoms. The molecule has 1 amide bonds. The number of benzene rings is 1. The Morgan fingerprint density at radius 3 is 2.70 bits per heavy atom. The number of piperidine rings is 1. The maximum atomic E-state index is 13.0. The van der Waals surface area contributed by atoms with Crippen molar-refractivity contribution in [3.8, 4) is 0 Å². The highest BCUT2D eigenvalue weighted by molar-refractivity contribution is 7.97. The molecule has 7 nitrogen and oxygen atoms in total. The fraction of sp³-hybridized carbons (Fsp3) is 0.318. The Kier molecular flexibility index (Phi) is 6.06. The molecule has 0 radical (unpaired) electrons. The summed E-state index contributed by atoms with van der Waals surface area (Å²) in [5, 5.41) is 14.3. The van der Waals surface area contributed by atoms with Gasteiger partial charge in [-0.1, -0.05) is 30.3 Å². The molecule has 0 aliphatic carbocycles. The molecule has 1 aromatic carbocycles. The normalized spacial score (nSPS) is 21.4. The van der Waals surface area contributed by atoms with Gasteiger partial charge in [-0.15, -0.1) is 0 Å². The Labute approximate surface area is 179 Å². The highest BCUT2D eigenvalue weighted by Gasteiger charge is 2.45. The summed E-state index contributed by atoms with van der Waals surface area (Å²) < 4.78 is 5.69. The van der Waals surface area contributed by atoms with Crippen molar-refractivity contribution in [2.24, 2.45) is 0 Å². The third kappa shape index (κ3) is 4.06. The molecule has 156 valence electrons. The highest BCUT2D eigenvalue weighted by atomic mass is 32.2. The molecule has 1 aliphatic heterocycles. The summed E-state index contributed by atoms with van der Waals surface area (Å²) in [6, 6.07) is 14.8. The predicted molar refractivity (Wildman–Crippen MR) is 116 cm³/mol. The van der Waals surface area contributed by atoms with Crippen LogP contribution in [-0.2, 0) is 11.3 Å². The van der Waals surface area contributed by atoms with Gasteiger partial charge < -0.3 is 19.7 Å². The number of thioether (sulfide) groups is 1. The van der Waals surface area contributed by atoms with E-state index in [2.05, 4.69) is 15.3 Å². The Morgan fingerprint density at radius 2 is 2.00 bits per heavy atom. The molecule has 0 spiro atoms. The number of furan rings is 1. The van der Waals surface area contributed by atoms with Gasteiger partial charge in [-0.05, 0) is 36.4 Å². The SMILES string of the molecule is CSCc1ccc(C(=O)N[C@]2(c3ccccc3)CCN(c3ncccn3)C[C@H]2O)o1. The standard InChI is InChI=1S/C22H24N4O3S/c1-30-15-17-8-9-18(29-17)20(28)25-22(16-6-3-2-4-7-16)10-13-26(14-19(22)27)21-23-11-5-12-24-21/h2-9,11-12,19,27H,10,13-15H2,1H3,(H,25,28)/t19-,22+/m1/s1. The van der Waals surface area contributed by atoms with Crippen molar-refractivity contribution in [3.63, 3.8) is 0 Å². The molecule has 8 heteroatoms. The van der Waals surface area contributed by atoms with Crippen LogP contribution in [0.4, 0.5) is 5.95 Å². The first-order valence-corrected chi connectivity index (χ1v) is 11.2. The van der Waals surface area contributed by atoms with Gasteiger partial charge in [-0.3, -0.25) is 4.79 Å². The second kappa shape index (κ2) is 8.89. The average Bonchev–Trinajstić information content (AvgIpc) is 3.25. The summed E-state index contributed by atoms with van der Waals surface area (Å²) in [6.07, 6.45) is 4.98. The van der Waals surface area contributed by atoms with Crippen molar-refractivity contribution in [1.29, 1.82) is 0 Å². The topological polar surface area (TPSA) is 91.5 Å². The molecule has 2 N–H and O–H groups in total. The molecule has 3 aromatic rings. The van der Waals surface area contributed by atoms with E-state index in [1.165, 1.54) is 0 Å². The Morgan fingerprint density at radius 1 is 1.23 bits per heavy atom. The highest BCUT2D eigenvalue weighted by Crippen LogP contribution is 2.35. The number of hydrogen-bond donors (Lipinski definition) is 2. The molecule has 2 atom stereocenters. The van der Waals surface area contributed by atoms with E-state index >= 15 is 0 Å². The molecule has 0 unspecified atom stereocenters. The Balaban J connectivity index is 1.61.